The molecular formula is C11H19N3. The Morgan fingerprint density at radius 3 is 2.43 bits per heavy atom. The largest absolute Gasteiger partial charge is 0.311 e. The molecule has 1 heterocycles. The predicted octanol–water partition coefficient (Wildman–Crippen LogP) is 1.92. The summed E-state index contributed by atoms with van der Waals surface area (Å²) in [6.07, 6.45) is 3.62. The van der Waals surface area contributed by atoms with Gasteiger partial charge in [-0.2, -0.15) is 0 Å². The highest BCUT2D eigenvalue weighted by molar-refractivity contribution is 5.00. The van der Waals surface area contributed by atoms with Gasteiger partial charge in [-0.1, -0.05) is 20.8 Å². The van der Waals surface area contributed by atoms with Crippen molar-refractivity contribution in [3.05, 3.63) is 23.8 Å². The van der Waals surface area contributed by atoms with Gasteiger partial charge in [0.1, 0.15) is 0 Å². The van der Waals surface area contributed by atoms with Gasteiger partial charge in [-0.25, -0.2) is 0 Å². The zero-order valence-corrected chi connectivity index (χ0v) is 9.46. The van der Waals surface area contributed by atoms with Crippen LogP contribution in [0, 0.1) is 12.3 Å². The lowest BCUT2D eigenvalue weighted by Crippen LogP contribution is -2.26. The van der Waals surface area contributed by atoms with Gasteiger partial charge in [-0.05, 0) is 12.3 Å². The van der Waals surface area contributed by atoms with Crippen molar-refractivity contribution in [3.63, 3.8) is 0 Å². The number of nitrogens with one attached hydrogen (secondary N) is 1. The molecule has 3 nitrogen and oxygen atoms in total. The van der Waals surface area contributed by atoms with Crippen LogP contribution in [0.15, 0.2) is 12.4 Å². The Hall–Kier alpha value is -0.960. The number of hydrogen-bond acceptors (Lipinski definition) is 3. The van der Waals surface area contributed by atoms with Gasteiger partial charge in [0.25, 0.3) is 0 Å². The van der Waals surface area contributed by atoms with Gasteiger partial charge in [0.05, 0.1) is 11.4 Å². The molecule has 3 heteroatoms. The molecule has 0 aliphatic heterocycles. The minimum absolute atomic E-state index is 0.318. The Kier molecular flexibility index (Phi) is 3.58. The van der Waals surface area contributed by atoms with E-state index in [-0.39, 0.29) is 0 Å². The van der Waals surface area contributed by atoms with Crippen molar-refractivity contribution in [3.8, 4) is 0 Å². The van der Waals surface area contributed by atoms with Gasteiger partial charge in [-0.15, -0.1) is 0 Å². The van der Waals surface area contributed by atoms with Crippen LogP contribution in [-0.4, -0.2) is 16.5 Å². The highest BCUT2D eigenvalue weighted by Gasteiger charge is 2.08. The van der Waals surface area contributed by atoms with Crippen molar-refractivity contribution in [2.24, 2.45) is 5.41 Å². The first-order chi connectivity index (χ1) is 6.47. The van der Waals surface area contributed by atoms with Crippen molar-refractivity contribution >= 4 is 0 Å². The Balaban J connectivity index is 2.35. The second-order valence-corrected chi connectivity index (χ2v) is 4.81. The van der Waals surface area contributed by atoms with Gasteiger partial charge < -0.3 is 5.32 Å². The van der Waals surface area contributed by atoms with Crippen LogP contribution in [0.2, 0.25) is 0 Å². The molecule has 1 aromatic heterocycles. The van der Waals surface area contributed by atoms with Crippen LogP contribution < -0.4 is 5.32 Å². The third kappa shape index (κ3) is 4.33. The minimum Gasteiger partial charge on any atom is -0.311 e. The SMILES string of the molecule is Cc1cnc(CNCC(C)(C)C)cn1. The van der Waals surface area contributed by atoms with E-state index in [0.29, 0.717) is 5.41 Å². The van der Waals surface area contributed by atoms with E-state index in [1.807, 2.05) is 13.1 Å². The van der Waals surface area contributed by atoms with E-state index >= 15 is 0 Å². The number of nitrogens with zero attached hydrogens (tertiary/aromatic N) is 2. The van der Waals surface area contributed by atoms with Crippen LogP contribution in [0.1, 0.15) is 32.2 Å². The average molecular weight is 193 g/mol. The summed E-state index contributed by atoms with van der Waals surface area (Å²) >= 11 is 0. The standard InChI is InChI=1S/C11H19N3/c1-9-5-14-10(7-13-9)6-12-8-11(2,3)4/h5,7,12H,6,8H2,1-4H3. The van der Waals surface area contributed by atoms with Gasteiger partial charge in [0, 0.05) is 25.5 Å². The molecule has 0 fully saturated rings. The monoisotopic (exact) mass is 193 g/mol. The fourth-order valence-electron chi connectivity index (χ4n) is 1.08. The van der Waals surface area contributed by atoms with Gasteiger partial charge >= 0.3 is 0 Å². The topological polar surface area (TPSA) is 37.8 Å². The summed E-state index contributed by atoms with van der Waals surface area (Å²) in [5.41, 5.74) is 2.28. The van der Waals surface area contributed by atoms with E-state index in [9.17, 15) is 0 Å². The van der Waals surface area contributed by atoms with Crippen LogP contribution in [0.5, 0.6) is 0 Å². The van der Waals surface area contributed by atoms with Crippen molar-refractivity contribution in [2.75, 3.05) is 6.54 Å². The normalized spacial score (nSPS) is 11.7. The van der Waals surface area contributed by atoms with Gasteiger partial charge in [0.2, 0.25) is 0 Å². The lowest BCUT2D eigenvalue weighted by molar-refractivity contribution is 0.378. The molecule has 14 heavy (non-hydrogen) atoms. The van der Waals surface area contributed by atoms with Crippen LogP contribution in [0.3, 0.4) is 0 Å². The number of rotatable bonds is 3. The molecule has 0 spiro atoms. The summed E-state index contributed by atoms with van der Waals surface area (Å²) < 4.78 is 0. The van der Waals surface area contributed by atoms with E-state index in [1.54, 1.807) is 6.20 Å². The molecule has 0 atom stereocenters. The lowest BCUT2D eigenvalue weighted by atomic mass is 9.97. The molecule has 0 saturated carbocycles. The third-order valence-corrected chi connectivity index (χ3v) is 1.80. The molecule has 0 unspecified atom stereocenters. The molecule has 0 bridgehead atoms. The molecule has 1 N–H and O–H groups in total. The summed E-state index contributed by atoms with van der Waals surface area (Å²) in [4.78, 5) is 8.46. The van der Waals surface area contributed by atoms with Gasteiger partial charge in [-0.3, -0.25) is 9.97 Å². The fraction of sp³-hybridized carbons (Fsp3) is 0.636. The Labute approximate surface area is 86.0 Å². The quantitative estimate of drug-likeness (QED) is 0.797. The van der Waals surface area contributed by atoms with E-state index in [4.69, 9.17) is 0 Å². The first kappa shape index (κ1) is 11.1. The van der Waals surface area contributed by atoms with Crippen LogP contribution >= 0.6 is 0 Å². The number of aryl methyl sites for hydroxylation is 1. The molecule has 0 amide bonds. The summed E-state index contributed by atoms with van der Waals surface area (Å²) in [7, 11) is 0. The summed E-state index contributed by atoms with van der Waals surface area (Å²) in [5, 5.41) is 3.36. The zero-order chi connectivity index (χ0) is 10.6. The third-order valence-electron chi connectivity index (χ3n) is 1.80. The number of hydrogen-bond donors (Lipinski definition) is 1. The Morgan fingerprint density at radius 1 is 1.21 bits per heavy atom. The van der Waals surface area contributed by atoms with Crippen molar-refractivity contribution < 1.29 is 0 Å². The maximum absolute atomic E-state index is 4.27. The second kappa shape index (κ2) is 4.51. The number of aromatic nitrogens is 2. The van der Waals surface area contributed by atoms with Gasteiger partial charge in [0.15, 0.2) is 0 Å². The van der Waals surface area contributed by atoms with Crippen LogP contribution in [-0.2, 0) is 6.54 Å². The summed E-state index contributed by atoms with van der Waals surface area (Å²) in [6.45, 7) is 10.4. The Bertz CT molecular complexity index is 272. The van der Waals surface area contributed by atoms with E-state index in [2.05, 4.69) is 36.1 Å². The minimum atomic E-state index is 0.318. The second-order valence-electron chi connectivity index (χ2n) is 4.81. The zero-order valence-electron chi connectivity index (χ0n) is 9.46. The van der Waals surface area contributed by atoms with Crippen molar-refractivity contribution in [2.45, 2.75) is 34.2 Å². The average Bonchev–Trinajstić information content (AvgIpc) is 2.06. The summed E-state index contributed by atoms with van der Waals surface area (Å²) in [5.74, 6) is 0. The molecule has 0 radical (unpaired) electrons. The van der Waals surface area contributed by atoms with Crippen LogP contribution in [0.25, 0.3) is 0 Å². The maximum Gasteiger partial charge on any atom is 0.0724 e. The van der Waals surface area contributed by atoms with Crippen molar-refractivity contribution in [1.29, 1.82) is 0 Å². The molecule has 0 aliphatic carbocycles. The van der Waals surface area contributed by atoms with E-state index in [0.717, 1.165) is 24.5 Å². The highest BCUT2D eigenvalue weighted by Crippen LogP contribution is 2.10. The van der Waals surface area contributed by atoms with E-state index in [1.165, 1.54) is 0 Å². The first-order valence-electron chi connectivity index (χ1n) is 4.96. The smallest absolute Gasteiger partial charge is 0.0724 e. The molecule has 0 aliphatic rings. The molecule has 1 rings (SSSR count). The van der Waals surface area contributed by atoms with E-state index < -0.39 is 0 Å². The fourth-order valence-corrected chi connectivity index (χ4v) is 1.08. The van der Waals surface area contributed by atoms with Crippen molar-refractivity contribution in [1.82, 2.24) is 15.3 Å². The summed E-state index contributed by atoms with van der Waals surface area (Å²) in [6, 6.07) is 0. The first-order valence-corrected chi connectivity index (χ1v) is 4.96. The maximum atomic E-state index is 4.27. The molecule has 0 aromatic carbocycles. The molecule has 1 aromatic rings. The Morgan fingerprint density at radius 2 is 1.93 bits per heavy atom. The van der Waals surface area contributed by atoms with Crippen LogP contribution in [0.4, 0.5) is 0 Å². The molecule has 0 saturated heterocycles. The molecule has 78 valence electrons. The highest BCUT2D eigenvalue weighted by atomic mass is 14.9. The lowest BCUT2D eigenvalue weighted by Gasteiger charge is -2.18. The molecular weight excluding hydrogens is 174 g/mol. The predicted molar refractivity (Wildman–Crippen MR) is 57.9 cm³/mol.